The standard InChI is InChI=1S/C21H22O5/c1-22-18-10-8-14(12-20(18)24-3)16-6-5-7-17(26-16)15-9-11-19(23-2)21(13-15)25-4/h5-13,16H,1-4H3. The molecule has 26 heavy (non-hydrogen) atoms. The van der Waals surface area contributed by atoms with E-state index in [4.69, 9.17) is 23.7 Å². The number of hydrogen-bond donors (Lipinski definition) is 0. The summed E-state index contributed by atoms with van der Waals surface area (Å²) in [4.78, 5) is 0. The van der Waals surface area contributed by atoms with Gasteiger partial charge < -0.3 is 23.7 Å². The van der Waals surface area contributed by atoms with Gasteiger partial charge >= 0.3 is 0 Å². The van der Waals surface area contributed by atoms with Crippen LogP contribution in [-0.4, -0.2) is 28.4 Å². The fraction of sp³-hybridized carbons (Fsp3) is 0.238. The molecule has 1 unspecified atom stereocenters. The third-order valence-corrected chi connectivity index (χ3v) is 4.19. The highest BCUT2D eigenvalue weighted by atomic mass is 16.5. The van der Waals surface area contributed by atoms with Crippen LogP contribution in [0.15, 0.2) is 54.6 Å². The van der Waals surface area contributed by atoms with Crippen LogP contribution >= 0.6 is 0 Å². The summed E-state index contributed by atoms with van der Waals surface area (Å²) < 4.78 is 27.5. The molecule has 3 rings (SSSR count). The first-order chi connectivity index (χ1) is 12.7. The highest BCUT2D eigenvalue weighted by molar-refractivity contribution is 5.66. The van der Waals surface area contributed by atoms with Gasteiger partial charge in [-0.15, -0.1) is 0 Å². The fourth-order valence-corrected chi connectivity index (χ4v) is 2.82. The molecule has 1 heterocycles. The van der Waals surface area contributed by atoms with Crippen molar-refractivity contribution >= 4 is 5.76 Å². The Bertz CT molecular complexity index is 838. The Labute approximate surface area is 153 Å². The minimum absolute atomic E-state index is 0.220. The molecule has 5 nitrogen and oxygen atoms in total. The van der Waals surface area contributed by atoms with Crippen molar-refractivity contribution < 1.29 is 23.7 Å². The van der Waals surface area contributed by atoms with Gasteiger partial charge in [-0.3, -0.25) is 0 Å². The second-order valence-electron chi connectivity index (χ2n) is 5.64. The number of rotatable bonds is 6. The highest BCUT2D eigenvalue weighted by Gasteiger charge is 2.19. The Morgan fingerprint density at radius 1 is 0.731 bits per heavy atom. The van der Waals surface area contributed by atoms with Crippen LogP contribution in [0.5, 0.6) is 23.0 Å². The molecule has 0 N–H and O–H groups in total. The number of hydrogen-bond acceptors (Lipinski definition) is 5. The van der Waals surface area contributed by atoms with Gasteiger partial charge in [0.15, 0.2) is 23.0 Å². The van der Waals surface area contributed by atoms with Crippen molar-refractivity contribution in [3.05, 3.63) is 65.8 Å². The zero-order valence-corrected chi connectivity index (χ0v) is 15.3. The quantitative estimate of drug-likeness (QED) is 0.770. The molecule has 5 heteroatoms. The second kappa shape index (κ2) is 7.87. The van der Waals surface area contributed by atoms with Crippen LogP contribution in [0.3, 0.4) is 0 Å². The number of benzene rings is 2. The van der Waals surface area contributed by atoms with E-state index < -0.39 is 0 Å². The summed E-state index contributed by atoms with van der Waals surface area (Å²) in [6.07, 6.45) is 5.68. The maximum atomic E-state index is 6.19. The lowest BCUT2D eigenvalue weighted by Gasteiger charge is -2.23. The van der Waals surface area contributed by atoms with Crippen molar-refractivity contribution in [1.82, 2.24) is 0 Å². The highest BCUT2D eigenvalue weighted by Crippen LogP contribution is 2.37. The van der Waals surface area contributed by atoms with Crippen LogP contribution in [0.4, 0.5) is 0 Å². The molecular weight excluding hydrogens is 332 g/mol. The molecule has 1 aliphatic rings. The number of allylic oxidation sites excluding steroid dienone is 2. The van der Waals surface area contributed by atoms with Gasteiger partial charge in [0, 0.05) is 11.1 Å². The van der Waals surface area contributed by atoms with Crippen LogP contribution in [-0.2, 0) is 4.74 Å². The summed E-state index contributed by atoms with van der Waals surface area (Å²) in [6, 6.07) is 11.5. The van der Waals surface area contributed by atoms with Gasteiger partial charge in [-0.1, -0.05) is 12.1 Å². The van der Waals surface area contributed by atoms with E-state index in [0.717, 1.165) is 16.9 Å². The Hall–Kier alpha value is -3.08. The Morgan fingerprint density at radius 3 is 2.00 bits per heavy atom. The van der Waals surface area contributed by atoms with Gasteiger partial charge in [-0.2, -0.15) is 0 Å². The van der Waals surface area contributed by atoms with Crippen molar-refractivity contribution in [2.24, 2.45) is 0 Å². The summed E-state index contributed by atoms with van der Waals surface area (Å²) in [6.45, 7) is 0. The van der Waals surface area contributed by atoms with Crippen molar-refractivity contribution in [1.29, 1.82) is 0 Å². The molecule has 2 aromatic carbocycles. The molecule has 136 valence electrons. The molecule has 1 aliphatic heterocycles. The first-order valence-corrected chi connectivity index (χ1v) is 8.19. The van der Waals surface area contributed by atoms with Crippen molar-refractivity contribution in [3.8, 4) is 23.0 Å². The molecule has 0 radical (unpaired) electrons. The van der Waals surface area contributed by atoms with E-state index in [1.54, 1.807) is 28.4 Å². The molecule has 0 saturated heterocycles. The van der Waals surface area contributed by atoms with Gasteiger partial charge in [-0.05, 0) is 42.5 Å². The summed E-state index contributed by atoms with van der Waals surface area (Å²) >= 11 is 0. The monoisotopic (exact) mass is 354 g/mol. The minimum atomic E-state index is -0.220. The number of ether oxygens (including phenoxy) is 5. The molecule has 0 fully saturated rings. The van der Waals surface area contributed by atoms with Crippen LogP contribution in [0.2, 0.25) is 0 Å². The third-order valence-electron chi connectivity index (χ3n) is 4.19. The smallest absolute Gasteiger partial charge is 0.161 e. The van der Waals surface area contributed by atoms with E-state index in [-0.39, 0.29) is 6.10 Å². The van der Waals surface area contributed by atoms with E-state index in [1.807, 2.05) is 54.6 Å². The first kappa shape index (κ1) is 17.7. The average Bonchev–Trinajstić information content (AvgIpc) is 2.72. The summed E-state index contributed by atoms with van der Waals surface area (Å²) in [5.74, 6) is 3.45. The molecule has 0 bridgehead atoms. The lowest BCUT2D eigenvalue weighted by Crippen LogP contribution is -2.05. The van der Waals surface area contributed by atoms with Crippen LogP contribution in [0, 0.1) is 0 Å². The summed E-state index contributed by atoms with van der Waals surface area (Å²) in [7, 11) is 6.47. The topological polar surface area (TPSA) is 46.2 Å². The van der Waals surface area contributed by atoms with Gasteiger partial charge in [0.1, 0.15) is 11.9 Å². The van der Waals surface area contributed by atoms with Gasteiger partial charge in [-0.25, -0.2) is 0 Å². The predicted octanol–water partition coefficient (Wildman–Crippen LogP) is 4.39. The fourth-order valence-electron chi connectivity index (χ4n) is 2.82. The first-order valence-electron chi connectivity index (χ1n) is 8.19. The number of methoxy groups -OCH3 is 4. The van der Waals surface area contributed by atoms with E-state index in [2.05, 4.69) is 0 Å². The summed E-state index contributed by atoms with van der Waals surface area (Å²) in [5.41, 5.74) is 1.89. The predicted molar refractivity (Wildman–Crippen MR) is 100 cm³/mol. The second-order valence-corrected chi connectivity index (χ2v) is 5.64. The van der Waals surface area contributed by atoms with Gasteiger partial charge in [0.25, 0.3) is 0 Å². The normalized spacial score (nSPS) is 15.7. The van der Waals surface area contributed by atoms with Crippen LogP contribution in [0.25, 0.3) is 5.76 Å². The van der Waals surface area contributed by atoms with Crippen LogP contribution in [0.1, 0.15) is 17.2 Å². The Morgan fingerprint density at radius 2 is 1.35 bits per heavy atom. The minimum Gasteiger partial charge on any atom is -0.493 e. The summed E-state index contributed by atoms with van der Waals surface area (Å²) in [5, 5.41) is 0. The van der Waals surface area contributed by atoms with E-state index in [0.29, 0.717) is 23.0 Å². The van der Waals surface area contributed by atoms with E-state index in [1.165, 1.54) is 0 Å². The zero-order valence-electron chi connectivity index (χ0n) is 15.3. The Kier molecular flexibility index (Phi) is 5.37. The third kappa shape index (κ3) is 3.47. The molecule has 0 saturated carbocycles. The molecule has 2 aromatic rings. The molecule has 0 aliphatic carbocycles. The molecule has 0 amide bonds. The molecule has 1 atom stereocenters. The average molecular weight is 354 g/mol. The Balaban J connectivity index is 1.86. The van der Waals surface area contributed by atoms with Crippen molar-refractivity contribution in [3.63, 3.8) is 0 Å². The van der Waals surface area contributed by atoms with Crippen molar-refractivity contribution in [2.45, 2.75) is 6.10 Å². The van der Waals surface area contributed by atoms with Crippen molar-refractivity contribution in [2.75, 3.05) is 28.4 Å². The van der Waals surface area contributed by atoms with Gasteiger partial charge in [0.2, 0.25) is 0 Å². The van der Waals surface area contributed by atoms with E-state index >= 15 is 0 Å². The molecule has 0 spiro atoms. The lowest BCUT2D eigenvalue weighted by atomic mass is 10.0. The van der Waals surface area contributed by atoms with Crippen LogP contribution < -0.4 is 18.9 Å². The van der Waals surface area contributed by atoms with E-state index in [9.17, 15) is 0 Å². The molecular formula is C21H22O5. The largest absolute Gasteiger partial charge is 0.493 e. The lowest BCUT2D eigenvalue weighted by molar-refractivity contribution is 0.211. The molecule has 0 aromatic heterocycles. The maximum Gasteiger partial charge on any atom is 0.161 e. The SMILES string of the molecule is COc1ccc(C2=CC=CC(c3ccc(OC)c(OC)c3)O2)cc1OC. The van der Waals surface area contributed by atoms with Gasteiger partial charge in [0.05, 0.1) is 28.4 Å². The maximum absolute atomic E-state index is 6.19. The zero-order chi connectivity index (χ0) is 18.5.